The van der Waals surface area contributed by atoms with E-state index in [4.69, 9.17) is 10.5 Å². The van der Waals surface area contributed by atoms with Crippen LogP contribution in [0.3, 0.4) is 0 Å². The second-order valence-electron chi connectivity index (χ2n) is 5.46. The summed E-state index contributed by atoms with van der Waals surface area (Å²) in [5.41, 5.74) is 8.01. The number of thioether (sulfide) groups is 1. The van der Waals surface area contributed by atoms with Gasteiger partial charge < -0.3 is 15.8 Å². The van der Waals surface area contributed by atoms with Crippen molar-refractivity contribution in [1.29, 1.82) is 0 Å². The number of benzene rings is 1. The van der Waals surface area contributed by atoms with Gasteiger partial charge in [-0.15, -0.1) is 11.3 Å². The lowest BCUT2D eigenvalue weighted by Crippen LogP contribution is -2.44. The summed E-state index contributed by atoms with van der Waals surface area (Å²) >= 11 is 3.08. The first kappa shape index (κ1) is 19.3. The number of aryl methyl sites for hydroxylation is 1. The van der Waals surface area contributed by atoms with E-state index in [1.54, 1.807) is 11.8 Å². The van der Waals surface area contributed by atoms with Crippen LogP contribution in [0.2, 0.25) is 0 Å². The molecule has 0 aliphatic rings. The molecule has 1 aromatic carbocycles. The third-order valence-corrected chi connectivity index (χ3v) is 5.01. The molecule has 0 aliphatic carbocycles. The molecule has 0 saturated heterocycles. The second-order valence-corrected chi connectivity index (χ2v) is 7.30. The Kier molecular flexibility index (Phi) is 7.27. The molecule has 0 saturated carbocycles. The highest BCUT2D eigenvalue weighted by Gasteiger charge is 2.21. The average molecular weight is 380 g/mol. The number of primary amides is 1. The summed E-state index contributed by atoms with van der Waals surface area (Å²) in [7, 11) is 0. The predicted octanol–water partition coefficient (Wildman–Crippen LogP) is 2.95. The van der Waals surface area contributed by atoms with Gasteiger partial charge in [0.1, 0.15) is 17.7 Å². The van der Waals surface area contributed by atoms with Crippen molar-refractivity contribution in [2.24, 2.45) is 5.73 Å². The average Bonchev–Trinajstić information content (AvgIpc) is 3.05. The Labute approximate surface area is 155 Å². The first-order valence-corrected chi connectivity index (χ1v) is 10.00. The van der Waals surface area contributed by atoms with Crippen molar-refractivity contribution < 1.29 is 14.3 Å². The molecule has 3 N–H and O–H groups in total. The summed E-state index contributed by atoms with van der Waals surface area (Å²) in [6, 6.07) is 6.61. The summed E-state index contributed by atoms with van der Waals surface area (Å²) in [6.45, 7) is 2.10. The van der Waals surface area contributed by atoms with Crippen LogP contribution in [0.25, 0.3) is 10.6 Å². The van der Waals surface area contributed by atoms with Gasteiger partial charge in [0.2, 0.25) is 0 Å². The zero-order valence-electron chi connectivity index (χ0n) is 14.2. The minimum Gasteiger partial charge on any atom is -0.458 e. The van der Waals surface area contributed by atoms with Gasteiger partial charge in [-0.25, -0.2) is 14.6 Å². The number of nitrogens with two attached hydrogens (primary N) is 1. The smallest absolute Gasteiger partial charge is 0.329 e. The lowest BCUT2D eigenvalue weighted by atomic mass is 10.2. The fourth-order valence-corrected chi connectivity index (χ4v) is 3.39. The number of ether oxygens (including phenoxy) is 1. The second kappa shape index (κ2) is 9.43. The number of hydrogen-bond donors (Lipinski definition) is 2. The van der Waals surface area contributed by atoms with Crippen LogP contribution >= 0.6 is 23.1 Å². The normalized spacial score (nSPS) is 11.8. The lowest BCUT2D eigenvalue weighted by Gasteiger charge is -2.15. The SMILES string of the molecule is CSCC[C@H](NC(N)=O)C(=O)OCc1csc(-c2ccc(C)cc2)n1. The number of nitrogens with one attached hydrogen (secondary N) is 1. The number of nitrogens with zero attached hydrogens (tertiary/aromatic N) is 1. The van der Waals surface area contributed by atoms with Crippen LogP contribution in [0.5, 0.6) is 0 Å². The molecular weight excluding hydrogens is 358 g/mol. The van der Waals surface area contributed by atoms with E-state index in [1.165, 1.54) is 16.9 Å². The van der Waals surface area contributed by atoms with Crippen molar-refractivity contribution in [2.45, 2.75) is 26.0 Å². The van der Waals surface area contributed by atoms with E-state index >= 15 is 0 Å². The molecule has 134 valence electrons. The number of esters is 1. The van der Waals surface area contributed by atoms with Gasteiger partial charge in [-0.05, 0) is 25.4 Å². The molecule has 2 amide bonds. The van der Waals surface area contributed by atoms with Gasteiger partial charge >= 0.3 is 12.0 Å². The zero-order chi connectivity index (χ0) is 18.2. The molecule has 0 unspecified atom stereocenters. The molecular formula is C17H21N3O3S2. The minimum atomic E-state index is -0.738. The van der Waals surface area contributed by atoms with Crippen LogP contribution < -0.4 is 11.1 Å². The maximum atomic E-state index is 12.1. The van der Waals surface area contributed by atoms with Crippen molar-refractivity contribution in [2.75, 3.05) is 12.0 Å². The van der Waals surface area contributed by atoms with Gasteiger partial charge in [-0.2, -0.15) is 11.8 Å². The van der Waals surface area contributed by atoms with Gasteiger partial charge in [0.25, 0.3) is 0 Å². The van der Waals surface area contributed by atoms with Gasteiger partial charge in [0, 0.05) is 10.9 Å². The monoisotopic (exact) mass is 379 g/mol. The highest BCUT2D eigenvalue weighted by molar-refractivity contribution is 7.98. The number of urea groups is 1. The summed E-state index contributed by atoms with van der Waals surface area (Å²) in [5, 5.41) is 5.16. The number of amides is 2. The Balaban J connectivity index is 1.94. The third-order valence-electron chi connectivity index (χ3n) is 3.42. The molecule has 0 radical (unpaired) electrons. The summed E-state index contributed by atoms with van der Waals surface area (Å²) in [6.07, 6.45) is 2.39. The van der Waals surface area contributed by atoms with Crippen LogP contribution in [-0.4, -0.2) is 35.0 Å². The Morgan fingerprint density at radius 3 is 2.72 bits per heavy atom. The molecule has 25 heavy (non-hydrogen) atoms. The highest BCUT2D eigenvalue weighted by Crippen LogP contribution is 2.24. The summed E-state index contributed by atoms with van der Waals surface area (Å²) in [4.78, 5) is 27.7. The highest BCUT2D eigenvalue weighted by atomic mass is 32.2. The largest absolute Gasteiger partial charge is 0.458 e. The van der Waals surface area contributed by atoms with Crippen molar-refractivity contribution >= 4 is 35.1 Å². The molecule has 0 fully saturated rings. The zero-order valence-corrected chi connectivity index (χ0v) is 15.8. The Bertz CT molecular complexity index is 716. The molecule has 8 heteroatoms. The molecule has 1 aromatic heterocycles. The van der Waals surface area contributed by atoms with Crippen molar-refractivity contribution in [1.82, 2.24) is 10.3 Å². The van der Waals surface area contributed by atoms with E-state index in [-0.39, 0.29) is 6.61 Å². The van der Waals surface area contributed by atoms with Gasteiger partial charge in [0.05, 0.1) is 5.69 Å². The molecule has 2 aromatic rings. The molecule has 0 spiro atoms. The lowest BCUT2D eigenvalue weighted by molar-refractivity contribution is -0.147. The van der Waals surface area contributed by atoms with Crippen LogP contribution in [-0.2, 0) is 16.1 Å². The van der Waals surface area contributed by atoms with E-state index in [2.05, 4.69) is 10.3 Å². The first-order chi connectivity index (χ1) is 12.0. The Morgan fingerprint density at radius 1 is 1.36 bits per heavy atom. The standard InChI is InChI=1S/C17H21N3O3S2/c1-11-3-5-12(6-4-11)15-19-13(10-25-15)9-23-16(21)14(7-8-24-2)20-17(18)22/h3-6,10,14H,7-9H2,1-2H3,(H3,18,20,22)/t14-/m0/s1. The van der Waals surface area contributed by atoms with Crippen molar-refractivity contribution in [3.05, 3.63) is 40.9 Å². The van der Waals surface area contributed by atoms with Gasteiger partial charge in [0.15, 0.2) is 0 Å². The molecule has 1 heterocycles. The molecule has 0 aliphatic heterocycles. The van der Waals surface area contributed by atoms with Gasteiger partial charge in [-0.1, -0.05) is 29.8 Å². The van der Waals surface area contributed by atoms with Crippen LogP contribution in [0.1, 0.15) is 17.7 Å². The van der Waals surface area contributed by atoms with Gasteiger partial charge in [-0.3, -0.25) is 0 Å². The van der Waals surface area contributed by atoms with E-state index < -0.39 is 18.0 Å². The quantitative estimate of drug-likeness (QED) is 0.688. The van der Waals surface area contributed by atoms with E-state index in [9.17, 15) is 9.59 Å². The number of aromatic nitrogens is 1. The fourth-order valence-electron chi connectivity index (χ4n) is 2.10. The third kappa shape index (κ3) is 6.06. The topological polar surface area (TPSA) is 94.3 Å². The Hall–Kier alpha value is -2.06. The number of carbonyl (C=O) groups excluding carboxylic acids is 2. The first-order valence-electron chi connectivity index (χ1n) is 7.72. The number of hydrogen-bond acceptors (Lipinski definition) is 6. The Morgan fingerprint density at radius 2 is 2.08 bits per heavy atom. The molecule has 1 atom stereocenters. The number of rotatable bonds is 8. The predicted molar refractivity (Wildman–Crippen MR) is 102 cm³/mol. The van der Waals surface area contributed by atoms with E-state index in [0.717, 1.165) is 10.6 Å². The maximum Gasteiger partial charge on any atom is 0.329 e. The van der Waals surface area contributed by atoms with E-state index in [0.29, 0.717) is 17.9 Å². The minimum absolute atomic E-state index is 0.0669. The summed E-state index contributed by atoms with van der Waals surface area (Å²) < 4.78 is 5.28. The number of thiazole rings is 1. The summed E-state index contributed by atoms with van der Waals surface area (Å²) in [5.74, 6) is 0.214. The van der Waals surface area contributed by atoms with Crippen LogP contribution in [0, 0.1) is 6.92 Å². The molecule has 6 nitrogen and oxygen atoms in total. The molecule has 2 rings (SSSR count). The van der Waals surface area contributed by atoms with Crippen LogP contribution in [0.4, 0.5) is 4.79 Å². The van der Waals surface area contributed by atoms with Crippen LogP contribution in [0.15, 0.2) is 29.6 Å². The molecule has 0 bridgehead atoms. The van der Waals surface area contributed by atoms with E-state index in [1.807, 2.05) is 42.8 Å². The van der Waals surface area contributed by atoms with Crippen molar-refractivity contribution in [3.63, 3.8) is 0 Å². The fraction of sp³-hybridized carbons (Fsp3) is 0.353. The number of carbonyl (C=O) groups is 2. The maximum absolute atomic E-state index is 12.1. The van der Waals surface area contributed by atoms with Crippen molar-refractivity contribution in [3.8, 4) is 10.6 Å².